The van der Waals surface area contributed by atoms with Crippen molar-refractivity contribution >= 4 is 17.5 Å². The molecule has 0 unspecified atom stereocenters. The number of nitrogens with one attached hydrogen (secondary N) is 1. The molecule has 2 heterocycles. The number of anilines is 3. The third-order valence-electron chi connectivity index (χ3n) is 5.21. The average Bonchev–Trinajstić information content (AvgIpc) is 2.73. The highest BCUT2D eigenvalue weighted by atomic mass is 16.3. The van der Waals surface area contributed by atoms with Crippen molar-refractivity contribution in [1.29, 1.82) is 0 Å². The van der Waals surface area contributed by atoms with E-state index >= 15 is 0 Å². The Morgan fingerprint density at radius 2 is 1.89 bits per heavy atom. The maximum absolute atomic E-state index is 9.83. The summed E-state index contributed by atoms with van der Waals surface area (Å²) in [5.74, 6) is 1.59. The minimum Gasteiger partial charge on any atom is -0.389 e. The number of nitrogens with zero attached hydrogens (tertiary/aromatic N) is 3. The van der Waals surface area contributed by atoms with Crippen LogP contribution in [0.2, 0.25) is 0 Å². The highest BCUT2D eigenvalue weighted by Crippen LogP contribution is 2.27. The second-order valence-corrected chi connectivity index (χ2v) is 7.26. The fourth-order valence-electron chi connectivity index (χ4n) is 3.56. The van der Waals surface area contributed by atoms with E-state index < -0.39 is 6.10 Å². The van der Waals surface area contributed by atoms with Gasteiger partial charge in [-0.2, -0.15) is 4.98 Å². The number of hydrogen-bond acceptors (Lipinski definition) is 5. The summed E-state index contributed by atoms with van der Waals surface area (Å²) >= 11 is 0. The van der Waals surface area contributed by atoms with Crippen LogP contribution in [0.1, 0.15) is 42.3 Å². The van der Waals surface area contributed by atoms with Gasteiger partial charge in [-0.05, 0) is 48.6 Å². The Bertz CT molecular complexity index is 956. The van der Waals surface area contributed by atoms with Crippen LogP contribution in [0, 0.1) is 0 Å². The van der Waals surface area contributed by atoms with Crippen LogP contribution < -0.4 is 10.2 Å². The molecule has 0 radical (unpaired) electrons. The van der Waals surface area contributed by atoms with Crippen LogP contribution in [0.3, 0.4) is 0 Å². The Kier molecular flexibility index (Phi) is 5.26. The Hall–Kier alpha value is -2.92. The Balaban J connectivity index is 1.59. The SMILES string of the molecule is CCc1cc(N2CCc3cc([C@H](C)O)ccc3C2)nc(Nc2ccccc2)n1. The van der Waals surface area contributed by atoms with Gasteiger partial charge in [0.1, 0.15) is 5.82 Å². The van der Waals surface area contributed by atoms with Gasteiger partial charge in [0.25, 0.3) is 0 Å². The normalized spacial score (nSPS) is 14.5. The number of aromatic nitrogens is 2. The molecule has 1 atom stereocenters. The van der Waals surface area contributed by atoms with E-state index in [9.17, 15) is 5.11 Å². The molecule has 1 aromatic heterocycles. The first-order valence-electron chi connectivity index (χ1n) is 9.87. The number of fused-ring (bicyclic) bond motifs is 1. The minimum absolute atomic E-state index is 0.427. The number of para-hydroxylation sites is 1. The van der Waals surface area contributed by atoms with Crippen molar-refractivity contribution in [3.05, 3.63) is 77.0 Å². The lowest BCUT2D eigenvalue weighted by Crippen LogP contribution is -2.31. The topological polar surface area (TPSA) is 61.3 Å². The fourth-order valence-corrected chi connectivity index (χ4v) is 3.56. The van der Waals surface area contributed by atoms with Gasteiger partial charge in [-0.25, -0.2) is 4.98 Å². The Morgan fingerprint density at radius 1 is 1.07 bits per heavy atom. The summed E-state index contributed by atoms with van der Waals surface area (Å²) in [5, 5.41) is 13.2. The average molecular weight is 374 g/mol. The van der Waals surface area contributed by atoms with Crippen molar-refractivity contribution in [2.45, 2.75) is 39.3 Å². The molecule has 2 N–H and O–H groups in total. The van der Waals surface area contributed by atoms with Gasteiger partial charge in [-0.3, -0.25) is 0 Å². The van der Waals surface area contributed by atoms with E-state index in [0.29, 0.717) is 5.95 Å². The molecule has 5 heteroatoms. The van der Waals surface area contributed by atoms with Crippen LogP contribution in [-0.2, 0) is 19.4 Å². The van der Waals surface area contributed by atoms with E-state index in [4.69, 9.17) is 4.98 Å². The van der Waals surface area contributed by atoms with E-state index in [1.54, 1.807) is 0 Å². The second-order valence-electron chi connectivity index (χ2n) is 7.26. The van der Waals surface area contributed by atoms with Crippen molar-refractivity contribution in [1.82, 2.24) is 9.97 Å². The summed E-state index contributed by atoms with van der Waals surface area (Å²) in [6, 6.07) is 18.4. The molecule has 3 aromatic rings. The van der Waals surface area contributed by atoms with Gasteiger partial charge in [0.05, 0.1) is 6.10 Å². The van der Waals surface area contributed by atoms with Crippen LogP contribution in [-0.4, -0.2) is 21.6 Å². The van der Waals surface area contributed by atoms with Gasteiger partial charge in [-0.1, -0.05) is 43.3 Å². The van der Waals surface area contributed by atoms with Crippen molar-refractivity contribution in [2.24, 2.45) is 0 Å². The first-order valence-corrected chi connectivity index (χ1v) is 9.87. The quantitative estimate of drug-likeness (QED) is 0.693. The largest absolute Gasteiger partial charge is 0.389 e. The first kappa shape index (κ1) is 18.4. The van der Waals surface area contributed by atoms with Gasteiger partial charge in [0.2, 0.25) is 5.95 Å². The van der Waals surface area contributed by atoms with Crippen molar-refractivity contribution in [3.8, 4) is 0 Å². The Labute approximate surface area is 166 Å². The summed E-state index contributed by atoms with van der Waals surface area (Å²) in [4.78, 5) is 11.7. The number of benzene rings is 2. The maximum Gasteiger partial charge on any atom is 0.229 e. The van der Waals surface area contributed by atoms with Crippen molar-refractivity contribution < 1.29 is 5.11 Å². The van der Waals surface area contributed by atoms with Gasteiger partial charge in [0.15, 0.2) is 0 Å². The Morgan fingerprint density at radius 3 is 2.64 bits per heavy atom. The molecular weight excluding hydrogens is 348 g/mol. The zero-order chi connectivity index (χ0) is 19.5. The van der Waals surface area contributed by atoms with Crippen LogP contribution in [0.15, 0.2) is 54.6 Å². The van der Waals surface area contributed by atoms with E-state index in [1.807, 2.05) is 43.3 Å². The zero-order valence-electron chi connectivity index (χ0n) is 16.4. The van der Waals surface area contributed by atoms with E-state index in [1.165, 1.54) is 11.1 Å². The number of hydrogen-bond donors (Lipinski definition) is 2. The standard InChI is InChI=1S/C23H26N4O/c1-3-20-14-22(26-23(24-20)25-21-7-5-4-6-8-21)27-12-11-18-13-17(16(2)28)9-10-19(18)15-27/h4-10,13-14,16,28H,3,11-12,15H2,1-2H3,(H,24,25,26)/t16-/m0/s1. The van der Waals surface area contributed by atoms with Crippen molar-refractivity contribution in [3.63, 3.8) is 0 Å². The number of aliphatic hydroxyl groups is 1. The summed E-state index contributed by atoms with van der Waals surface area (Å²) in [6.45, 7) is 5.65. The first-order chi connectivity index (χ1) is 13.6. The molecule has 2 aromatic carbocycles. The molecular formula is C23H26N4O. The minimum atomic E-state index is -0.427. The number of aliphatic hydroxyl groups excluding tert-OH is 1. The lowest BCUT2D eigenvalue weighted by atomic mass is 9.96. The highest BCUT2D eigenvalue weighted by Gasteiger charge is 2.19. The molecule has 0 saturated carbocycles. The second kappa shape index (κ2) is 7.98. The maximum atomic E-state index is 9.83. The van der Waals surface area contributed by atoms with Gasteiger partial charge in [-0.15, -0.1) is 0 Å². The molecule has 0 saturated heterocycles. The van der Waals surface area contributed by atoms with Gasteiger partial charge < -0.3 is 15.3 Å². The zero-order valence-corrected chi connectivity index (χ0v) is 16.4. The van der Waals surface area contributed by atoms with Crippen LogP contribution >= 0.6 is 0 Å². The molecule has 5 nitrogen and oxygen atoms in total. The van der Waals surface area contributed by atoms with Crippen LogP contribution in [0.4, 0.5) is 17.5 Å². The number of rotatable bonds is 5. The molecule has 0 spiro atoms. The number of aryl methyl sites for hydroxylation is 1. The smallest absolute Gasteiger partial charge is 0.229 e. The predicted octanol–water partition coefficient (Wildman–Crippen LogP) is 4.40. The molecule has 0 bridgehead atoms. The summed E-state index contributed by atoms with van der Waals surface area (Å²) in [5.41, 5.74) is 5.61. The van der Waals surface area contributed by atoms with E-state index in [0.717, 1.165) is 48.7 Å². The highest BCUT2D eigenvalue weighted by molar-refractivity contribution is 5.56. The summed E-state index contributed by atoms with van der Waals surface area (Å²) in [7, 11) is 0. The van der Waals surface area contributed by atoms with Crippen molar-refractivity contribution in [2.75, 3.05) is 16.8 Å². The fraction of sp³-hybridized carbons (Fsp3) is 0.304. The summed E-state index contributed by atoms with van der Waals surface area (Å²) < 4.78 is 0. The summed E-state index contributed by atoms with van der Waals surface area (Å²) in [6.07, 6.45) is 1.38. The van der Waals surface area contributed by atoms with Gasteiger partial charge >= 0.3 is 0 Å². The molecule has 1 aliphatic rings. The van der Waals surface area contributed by atoms with Gasteiger partial charge in [0, 0.05) is 30.5 Å². The monoisotopic (exact) mass is 374 g/mol. The lowest BCUT2D eigenvalue weighted by molar-refractivity contribution is 0.199. The van der Waals surface area contributed by atoms with E-state index in [2.05, 4.69) is 40.3 Å². The lowest BCUT2D eigenvalue weighted by Gasteiger charge is -2.30. The molecule has 144 valence electrons. The predicted molar refractivity (Wildman–Crippen MR) is 113 cm³/mol. The van der Waals surface area contributed by atoms with E-state index in [-0.39, 0.29) is 0 Å². The third kappa shape index (κ3) is 3.99. The molecule has 4 rings (SSSR count). The third-order valence-corrected chi connectivity index (χ3v) is 5.21. The molecule has 28 heavy (non-hydrogen) atoms. The molecule has 1 aliphatic heterocycles. The molecule has 0 amide bonds. The molecule has 0 aliphatic carbocycles. The van der Waals surface area contributed by atoms with Crippen LogP contribution in [0.25, 0.3) is 0 Å². The molecule has 0 fully saturated rings. The van der Waals surface area contributed by atoms with Crippen LogP contribution in [0.5, 0.6) is 0 Å².